The molecule has 4 heterocycles. The van der Waals surface area contributed by atoms with Gasteiger partial charge in [0.1, 0.15) is 23.3 Å². The molecule has 32 heavy (non-hydrogen) atoms. The third kappa shape index (κ3) is 4.13. The second kappa shape index (κ2) is 9.32. The van der Waals surface area contributed by atoms with Crippen molar-refractivity contribution < 1.29 is 0 Å². The maximum Gasteiger partial charge on any atom is 0.144 e. The molecule has 166 valence electrons. The fraction of sp³-hybridized carbons (Fsp3) is 0.333. The fourth-order valence-corrected chi connectivity index (χ4v) is 3.94. The lowest BCUT2D eigenvalue weighted by atomic mass is 9.84. The van der Waals surface area contributed by atoms with Gasteiger partial charge in [0.2, 0.25) is 0 Å². The second-order valence-electron chi connectivity index (χ2n) is 7.81. The summed E-state index contributed by atoms with van der Waals surface area (Å²) in [6.07, 6.45) is 7.48. The van der Waals surface area contributed by atoms with Crippen LogP contribution in [0.3, 0.4) is 0 Å². The molecule has 2 aromatic rings. The minimum absolute atomic E-state index is 0.0584. The van der Waals surface area contributed by atoms with Crippen molar-refractivity contribution in [2.24, 2.45) is 9.98 Å². The van der Waals surface area contributed by atoms with Gasteiger partial charge < -0.3 is 21.3 Å². The number of pyridine rings is 2. The summed E-state index contributed by atoms with van der Waals surface area (Å²) in [6.45, 7) is 12.0. The highest BCUT2D eigenvalue weighted by Gasteiger charge is 2.41. The van der Waals surface area contributed by atoms with Crippen LogP contribution in [0.2, 0.25) is 0 Å². The van der Waals surface area contributed by atoms with Crippen molar-refractivity contribution in [3.8, 4) is 0 Å². The predicted molar refractivity (Wildman–Crippen MR) is 135 cm³/mol. The summed E-state index contributed by atoms with van der Waals surface area (Å²) >= 11 is 0. The van der Waals surface area contributed by atoms with Crippen molar-refractivity contribution >= 4 is 40.8 Å². The van der Waals surface area contributed by atoms with E-state index in [1.807, 2.05) is 31.4 Å². The lowest BCUT2D eigenvalue weighted by molar-refractivity contribution is 0.287. The highest BCUT2D eigenvalue weighted by molar-refractivity contribution is 6.17. The van der Waals surface area contributed by atoms with E-state index in [0.29, 0.717) is 24.7 Å². The number of aliphatic imine (C=N–C) groups is 2. The van der Waals surface area contributed by atoms with Gasteiger partial charge in [0.15, 0.2) is 0 Å². The molecule has 1 fully saturated rings. The average molecular weight is 431 g/mol. The van der Waals surface area contributed by atoms with E-state index in [9.17, 15) is 0 Å². The molecule has 1 unspecified atom stereocenters. The van der Waals surface area contributed by atoms with Gasteiger partial charge >= 0.3 is 0 Å². The molecule has 2 aliphatic heterocycles. The van der Waals surface area contributed by atoms with Crippen molar-refractivity contribution in [2.45, 2.75) is 25.3 Å². The molecule has 0 amide bonds. The van der Waals surface area contributed by atoms with Gasteiger partial charge in [-0.25, -0.2) is 15.0 Å². The van der Waals surface area contributed by atoms with Crippen molar-refractivity contribution in [3.63, 3.8) is 0 Å². The zero-order chi connectivity index (χ0) is 22.6. The van der Waals surface area contributed by atoms with E-state index in [1.165, 1.54) is 0 Å². The van der Waals surface area contributed by atoms with Gasteiger partial charge in [-0.05, 0) is 31.5 Å². The molecule has 2 aliphatic rings. The Morgan fingerprint density at radius 3 is 2.75 bits per heavy atom. The third-order valence-electron chi connectivity index (χ3n) is 5.97. The van der Waals surface area contributed by atoms with Crippen LogP contribution in [-0.2, 0) is 0 Å². The van der Waals surface area contributed by atoms with E-state index in [4.69, 9.17) is 9.98 Å². The van der Waals surface area contributed by atoms with E-state index < -0.39 is 0 Å². The van der Waals surface area contributed by atoms with Gasteiger partial charge in [-0.3, -0.25) is 4.99 Å². The van der Waals surface area contributed by atoms with Crippen LogP contribution < -0.4 is 21.3 Å². The maximum absolute atomic E-state index is 4.87. The van der Waals surface area contributed by atoms with Gasteiger partial charge in [0, 0.05) is 42.7 Å². The molecule has 1 atom stereocenters. The monoisotopic (exact) mass is 430 g/mol. The van der Waals surface area contributed by atoms with Gasteiger partial charge in [-0.15, -0.1) is 6.58 Å². The Bertz CT molecular complexity index is 1080. The first-order chi connectivity index (χ1) is 15.6. The highest BCUT2D eigenvalue weighted by Crippen LogP contribution is 2.29. The predicted octanol–water partition coefficient (Wildman–Crippen LogP) is 3.85. The van der Waals surface area contributed by atoms with Crippen LogP contribution >= 0.6 is 0 Å². The largest absolute Gasteiger partial charge is 0.387 e. The van der Waals surface area contributed by atoms with Crippen LogP contribution in [0.1, 0.15) is 30.9 Å². The quantitative estimate of drug-likeness (QED) is 0.428. The maximum atomic E-state index is 4.87. The van der Waals surface area contributed by atoms with Crippen molar-refractivity contribution in [1.29, 1.82) is 0 Å². The second-order valence-corrected chi connectivity index (χ2v) is 7.81. The molecule has 8 nitrogen and oxygen atoms in total. The Morgan fingerprint density at radius 1 is 1.25 bits per heavy atom. The van der Waals surface area contributed by atoms with E-state index >= 15 is 0 Å². The number of aromatic nitrogens is 2. The van der Waals surface area contributed by atoms with Gasteiger partial charge in [-0.2, -0.15) is 0 Å². The number of nitrogens with one attached hydrogen (secondary N) is 4. The first-order valence-electron chi connectivity index (χ1n) is 10.9. The summed E-state index contributed by atoms with van der Waals surface area (Å²) in [7, 11) is 1.90. The Labute approximate surface area is 189 Å². The molecule has 0 saturated carbocycles. The summed E-state index contributed by atoms with van der Waals surface area (Å²) in [5.74, 6) is 3.04. The molecule has 0 bridgehead atoms. The Hall–Kier alpha value is -3.52. The molecule has 1 saturated heterocycles. The number of anilines is 4. The summed E-state index contributed by atoms with van der Waals surface area (Å²) in [5.41, 5.74) is 3.71. The van der Waals surface area contributed by atoms with Crippen LogP contribution in [0, 0.1) is 0 Å². The molecular weight excluding hydrogens is 400 g/mol. The van der Waals surface area contributed by atoms with Crippen molar-refractivity contribution in [3.05, 3.63) is 54.8 Å². The fourth-order valence-electron chi connectivity index (χ4n) is 3.94. The summed E-state index contributed by atoms with van der Waals surface area (Å²) < 4.78 is 0. The number of amidine groups is 1. The summed E-state index contributed by atoms with van der Waals surface area (Å²) in [6, 6.07) is 5.83. The smallest absolute Gasteiger partial charge is 0.144 e. The normalized spacial score (nSPS) is 19.4. The van der Waals surface area contributed by atoms with Crippen LogP contribution in [0.25, 0.3) is 6.08 Å². The molecule has 4 rings (SSSR count). The van der Waals surface area contributed by atoms with E-state index in [2.05, 4.69) is 51.3 Å². The van der Waals surface area contributed by atoms with Gasteiger partial charge in [-0.1, -0.05) is 25.7 Å². The Kier molecular flexibility index (Phi) is 6.32. The first kappa shape index (κ1) is 21.7. The number of rotatable bonds is 10. The van der Waals surface area contributed by atoms with Gasteiger partial charge in [0.05, 0.1) is 17.8 Å². The number of nitrogens with zero attached hydrogens (tertiary/aromatic N) is 4. The zero-order valence-corrected chi connectivity index (χ0v) is 18.7. The molecule has 0 spiro atoms. The van der Waals surface area contributed by atoms with Crippen molar-refractivity contribution in [2.75, 3.05) is 42.6 Å². The molecular formula is C24H30N8. The molecule has 0 aromatic carbocycles. The Morgan fingerprint density at radius 2 is 2.09 bits per heavy atom. The lowest BCUT2D eigenvalue weighted by Gasteiger charge is -2.41. The van der Waals surface area contributed by atoms with E-state index in [1.54, 1.807) is 12.2 Å². The third-order valence-corrected chi connectivity index (χ3v) is 5.97. The molecule has 0 aliphatic carbocycles. The highest BCUT2D eigenvalue weighted by atomic mass is 15.2. The summed E-state index contributed by atoms with van der Waals surface area (Å²) in [4.78, 5) is 18.8. The Balaban J connectivity index is 1.55. The standard InChI is InChI=1S/C24H30N8/c1-5-11-26-22-16(6-2)8-9-20(32-22)31-21-13-18(25-4)17(14-27-21)19-15-28-23(30-19)24(7-3)10-12-29-24/h5-6,8-9,13-14,29H,1-2,7,10-12,15H2,3-4H3,(H3,25,26,27,31,32). The van der Waals surface area contributed by atoms with Crippen LogP contribution in [0.4, 0.5) is 23.1 Å². The lowest BCUT2D eigenvalue weighted by Crippen LogP contribution is -2.61. The van der Waals surface area contributed by atoms with Crippen molar-refractivity contribution in [1.82, 2.24) is 15.3 Å². The average Bonchev–Trinajstić information content (AvgIpc) is 3.27. The van der Waals surface area contributed by atoms with Crippen LogP contribution in [0.15, 0.2) is 53.6 Å². The van der Waals surface area contributed by atoms with Crippen LogP contribution in [0.5, 0.6) is 0 Å². The molecule has 0 radical (unpaired) electrons. The SMILES string of the molecule is C=CCNc1nc(Nc2cc(NC)c(C3=NC(C4(CC)CCN4)=NC3)cn2)ccc1C=C. The first-order valence-corrected chi connectivity index (χ1v) is 10.9. The summed E-state index contributed by atoms with van der Waals surface area (Å²) in [5, 5.41) is 13.3. The van der Waals surface area contributed by atoms with E-state index in [-0.39, 0.29) is 5.54 Å². The molecule has 4 N–H and O–H groups in total. The minimum atomic E-state index is -0.0584. The molecule has 2 aromatic heterocycles. The minimum Gasteiger partial charge on any atom is -0.387 e. The zero-order valence-electron chi connectivity index (χ0n) is 18.7. The van der Waals surface area contributed by atoms with Gasteiger partial charge in [0.25, 0.3) is 0 Å². The topological polar surface area (TPSA) is 98.6 Å². The number of hydrogen-bond donors (Lipinski definition) is 4. The molecule has 8 heteroatoms. The van der Waals surface area contributed by atoms with Crippen LogP contribution in [-0.4, -0.2) is 53.7 Å². The van der Waals surface area contributed by atoms with E-state index in [0.717, 1.165) is 53.6 Å². The number of hydrogen-bond acceptors (Lipinski definition) is 8.